The summed E-state index contributed by atoms with van der Waals surface area (Å²) in [6.07, 6.45) is 2.21. The molecule has 0 aliphatic heterocycles. The molecular weight excluding hydrogens is 268 g/mol. The van der Waals surface area contributed by atoms with Gasteiger partial charge in [-0.25, -0.2) is 0 Å². The zero-order valence-electron chi connectivity index (χ0n) is 11.5. The number of aliphatic hydroxyl groups excluding tert-OH is 1. The van der Waals surface area contributed by atoms with Crippen LogP contribution in [0, 0.1) is 6.92 Å². The predicted molar refractivity (Wildman–Crippen MR) is 83.2 cm³/mol. The summed E-state index contributed by atoms with van der Waals surface area (Å²) in [7, 11) is 0. The molecule has 3 heteroatoms. The first-order valence-corrected chi connectivity index (χ1v) is 7.81. The minimum Gasteiger partial charge on any atom is -0.458 e. The van der Waals surface area contributed by atoms with E-state index in [9.17, 15) is 5.11 Å². The van der Waals surface area contributed by atoms with Gasteiger partial charge in [-0.1, -0.05) is 24.3 Å². The molecule has 1 atom stereocenters. The molecule has 3 aromatic rings. The highest BCUT2D eigenvalue weighted by Crippen LogP contribution is 2.28. The molecular formula is C17H18O2S. The van der Waals surface area contributed by atoms with Crippen molar-refractivity contribution in [3.63, 3.8) is 0 Å². The predicted octanol–water partition coefficient (Wildman–Crippen LogP) is 4.86. The van der Waals surface area contributed by atoms with Gasteiger partial charge in [-0.05, 0) is 49.3 Å². The monoisotopic (exact) mass is 286 g/mol. The van der Waals surface area contributed by atoms with Crippen molar-refractivity contribution in [1.29, 1.82) is 0 Å². The molecule has 0 amide bonds. The van der Waals surface area contributed by atoms with E-state index in [-0.39, 0.29) is 0 Å². The van der Waals surface area contributed by atoms with Crippen LogP contribution in [-0.2, 0) is 6.42 Å². The van der Waals surface area contributed by atoms with Crippen LogP contribution in [0.3, 0.4) is 0 Å². The second-order valence-electron chi connectivity index (χ2n) is 5.13. The Balaban J connectivity index is 1.66. The zero-order chi connectivity index (χ0) is 13.9. The molecule has 1 unspecified atom stereocenters. The first-order chi connectivity index (χ1) is 9.74. The van der Waals surface area contributed by atoms with E-state index in [0.29, 0.717) is 5.76 Å². The molecule has 104 valence electrons. The summed E-state index contributed by atoms with van der Waals surface area (Å²) in [6.45, 7) is 2.03. The molecule has 20 heavy (non-hydrogen) atoms. The fourth-order valence-electron chi connectivity index (χ4n) is 2.46. The highest BCUT2D eigenvalue weighted by Gasteiger charge is 2.14. The average molecular weight is 286 g/mol. The molecule has 2 nitrogen and oxygen atoms in total. The van der Waals surface area contributed by atoms with Crippen LogP contribution in [0.25, 0.3) is 11.0 Å². The number of thiophene rings is 1. The minimum atomic E-state index is -0.512. The molecule has 0 saturated heterocycles. The van der Waals surface area contributed by atoms with Crippen molar-refractivity contribution >= 4 is 22.3 Å². The third-order valence-electron chi connectivity index (χ3n) is 3.57. The van der Waals surface area contributed by atoms with E-state index in [1.165, 1.54) is 4.88 Å². The van der Waals surface area contributed by atoms with Gasteiger partial charge in [0.2, 0.25) is 0 Å². The van der Waals surface area contributed by atoms with Crippen molar-refractivity contribution in [1.82, 2.24) is 0 Å². The average Bonchev–Trinajstić information content (AvgIpc) is 3.07. The first kappa shape index (κ1) is 13.4. The molecule has 0 radical (unpaired) electrons. The summed E-state index contributed by atoms with van der Waals surface area (Å²) in [5, 5.41) is 13.4. The summed E-state index contributed by atoms with van der Waals surface area (Å²) >= 11 is 1.77. The van der Waals surface area contributed by atoms with E-state index in [1.54, 1.807) is 11.3 Å². The number of hydrogen-bond acceptors (Lipinski definition) is 3. The third kappa shape index (κ3) is 2.79. The summed E-state index contributed by atoms with van der Waals surface area (Å²) in [6, 6.07) is 12.2. The standard InChI is InChI=1S/C17H18O2S/c1-12-5-2-6-13-11-16(19-17(12)13)15(18)9-3-7-14-8-4-10-20-14/h2,4-6,8,10-11,15,18H,3,7,9H2,1H3. The van der Waals surface area contributed by atoms with Gasteiger partial charge in [0.1, 0.15) is 17.4 Å². The summed E-state index contributed by atoms with van der Waals surface area (Å²) < 4.78 is 5.80. The van der Waals surface area contributed by atoms with Crippen molar-refractivity contribution in [2.75, 3.05) is 0 Å². The van der Waals surface area contributed by atoms with Crippen LogP contribution >= 0.6 is 11.3 Å². The van der Waals surface area contributed by atoms with Crippen LogP contribution in [-0.4, -0.2) is 5.11 Å². The quantitative estimate of drug-likeness (QED) is 0.726. The summed E-state index contributed by atoms with van der Waals surface area (Å²) in [5.41, 5.74) is 2.00. The number of para-hydroxylation sites is 1. The van der Waals surface area contributed by atoms with E-state index in [0.717, 1.165) is 35.8 Å². The summed E-state index contributed by atoms with van der Waals surface area (Å²) in [5.74, 6) is 0.681. The highest BCUT2D eigenvalue weighted by molar-refractivity contribution is 7.09. The van der Waals surface area contributed by atoms with Crippen LogP contribution in [0.15, 0.2) is 46.2 Å². The van der Waals surface area contributed by atoms with Gasteiger partial charge in [-0.15, -0.1) is 11.3 Å². The lowest BCUT2D eigenvalue weighted by Gasteiger charge is -2.06. The van der Waals surface area contributed by atoms with Crippen molar-refractivity contribution in [3.05, 3.63) is 58.0 Å². The Hall–Kier alpha value is -1.58. The largest absolute Gasteiger partial charge is 0.458 e. The van der Waals surface area contributed by atoms with Crippen LogP contribution in [0.4, 0.5) is 0 Å². The lowest BCUT2D eigenvalue weighted by molar-refractivity contribution is 0.140. The number of rotatable bonds is 5. The highest BCUT2D eigenvalue weighted by atomic mass is 32.1. The third-order valence-corrected chi connectivity index (χ3v) is 4.51. The first-order valence-electron chi connectivity index (χ1n) is 6.93. The smallest absolute Gasteiger partial charge is 0.137 e. The van der Waals surface area contributed by atoms with E-state index in [4.69, 9.17) is 4.42 Å². The number of hydrogen-bond donors (Lipinski definition) is 1. The van der Waals surface area contributed by atoms with Gasteiger partial charge < -0.3 is 9.52 Å². The van der Waals surface area contributed by atoms with Crippen LogP contribution in [0.2, 0.25) is 0 Å². The molecule has 0 spiro atoms. The molecule has 0 fully saturated rings. The maximum Gasteiger partial charge on any atom is 0.137 e. The Kier molecular flexibility index (Phi) is 3.90. The van der Waals surface area contributed by atoms with Gasteiger partial charge in [-0.3, -0.25) is 0 Å². The maximum absolute atomic E-state index is 10.3. The Labute approximate surface area is 122 Å². The molecule has 0 aliphatic rings. The second kappa shape index (κ2) is 5.81. The number of aliphatic hydroxyl groups is 1. The summed E-state index contributed by atoms with van der Waals surface area (Å²) in [4.78, 5) is 1.37. The van der Waals surface area contributed by atoms with E-state index < -0.39 is 6.10 Å². The fraction of sp³-hybridized carbons (Fsp3) is 0.294. The SMILES string of the molecule is Cc1cccc2cc(C(O)CCCc3cccs3)oc12. The molecule has 0 saturated carbocycles. The van der Waals surface area contributed by atoms with Crippen molar-refractivity contribution in [2.24, 2.45) is 0 Å². The van der Waals surface area contributed by atoms with E-state index in [2.05, 4.69) is 17.5 Å². The topological polar surface area (TPSA) is 33.4 Å². The van der Waals surface area contributed by atoms with Crippen LogP contribution in [0.5, 0.6) is 0 Å². The molecule has 2 aromatic heterocycles. The van der Waals surface area contributed by atoms with Gasteiger partial charge in [0, 0.05) is 10.3 Å². The van der Waals surface area contributed by atoms with Crippen LogP contribution in [0.1, 0.15) is 35.1 Å². The number of benzene rings is 1. The minimum absolute atomic E-state index is 0.512. The Bertz CT molecular complexity index is 682. The normalized spacial score (nSPS) is 12.9. The second-order valence-corrected chi connectivity index (χ2v) is 6.16. The lowest BCUT2D eigenvalue weighted by Crippen LogP contribution is -1.96. The van der Waals surface area contributed by atoms with Gasteiger partial charge in [-0.2, -0.15) is 0 Å². The maximum atomic E-state index is 10.3. The Morgan fingerprint density at radius 1 is 1.25 bits per heavy atom. The fourth-order valence-corrected chi connectivity index (χ4v) is 3.21. The Morgan fingerprint density at radius 3 is 2.90 bits per heavy atom. The van der Waals surface area contributed by atoms with Crippen molar-refractivity contribution in [3.8, 4) is 0 Å². The molecule has 2 heterocycles. The number of aryl methyl sites for hydroxylation is 2. The van der Waals surface area contributed by atoms with Gasteiger partial charge in [0.25, 0.3) is 0 Å². The number of fused-ring (bicyclic) bond motifs is 1. The number of furan rings is 1. The van der Waals surface area contributed by atoms with E-state index >= 15 is 0 Å². The van der Waals surface area contributed by atoms with Crippen molar-refractivity contribution < 1.29 is 9.52 Å². The van der Waals surface area contributed by atoms with Crippen LogP contribution < -0.4 is 0 Å². The zero-order valence-corrected chi connectivity index (χ0v) is 12.3. The van der Waals surface area contributed by atoms with Gasteiger partial charge >= 0.3 is 0 Å². The molecule has 1 N–H and O–H groups in total. The molecule has 1 aromatic carbocycles. The molecule has 0 bridgehead atoms. The van der Waals surface area contributed by atoms with Crippen molar-refractivity contribution in [2.45, 2.75) is 32.3 Å². The molecule has 0 aliphatic carbocycles. The Morgan fingerprint density at radius 2 is 2.15 bits per heavy atom. The lowest BCUT2D eigenvalue weighted by atomic mass is 10.1. The molecule has 3 rings (SSSR count). The van der Waals surface area contributed by atoms with Gasteiger partial charge in [0.05, 0.1) is 0 Å². The van der Waals surface area contributed by atoms with Gasteiger partial charge in [0.15, 0.2) is 0 Å². The van der Waals surface area contributed by atoms with E-state index in [1.807, 2.05) is 31.2 Å².